The SMILES string of the molecule is COc1cccc(C(CNC(=O)c2ccc(OC(F)(F)F)cc2)c2c[nH]c3ccccc23)c1OC. The van der Waals surface area contributed by atoms with E-state index in [0.717, 1.165) is 34.2 Å². The van der Waals surface area contributed by atoms with E-state index >= 15 is 0 Å². The van der Waals surface area contributed by atoms with Crippen molar-refractivity contribution in [2.45, 2.75) is 12.3 Å². The van der Waals surface area contributed by atoms with Crippen LogP contribution in [0.15, 0.2) is 72.9 Å². The van der Waals surface area contributed by atoms with E-state index in [1.54, 1.807) is 20.3 Å². The summed E-state index contributed by atoms with van der Waals surface area (Å²) in [5.74, 6) is -0.0373. The number of rotatable bonds is 8. The van der Waals surface area contributed by atoms with Crippen LogP contribution in [0.5, 0.6) is 17.2 Å². The van der Waals surface area contributed by atoms with Gasteiger partial charge in [0.2, 0.25) is 0 Å². The van der Waals surface area contributed by atoms with Crippen LogP contribution in [0.3, 0.4) is 0 Å². The molecule has 1 atom stereocenters. The number of ether oxygens (including phenoxy) is 3. The summed E-state index contributed by atoms with van der Waals surface area (Å²) in [5.41, 5.74) is 2.91. The van der Waals surface area contributed by atoms with Gasteiger partial charge in [0.15, 0.2) is 11.5 Å². The Balaban J connectivity index is 1.64. The minimum Gasteiger partial charge on any atom is -0.493 e. The smallest absolute Gasteiger partial charge is 0.493 e. The maximum atomic E-state index is 12.8. The highest BCUT2D eigenvalue weighted by Gasteiger charge is 2.31. The van der Waals surface area contributed by atoms with Crippen LogP contribution >= 0.6 is 0 Å². The summed E-state index contributed by atoms with van der Waals surface area (Å²) in [6.07, 6.45) is -2.91. The van der Waals surface area contributed by atoms with Crippen LogP contribution in [0.2, 0.25) is 0 Å². The number of carbonyl (C=O) groups is 1. The number of amides is 1. The van der Waals surface area contributed by atoms with Gasteiger partial charge in [0.05, 0.1) is 14.2 Å². The zero-order valence-electron chi connectivity index (χ0n) is 19.0. The minimum atomic E-state index is -4.80. The number of carbonyl (C=O) groups excluding carboxylic acids is 1. The third-order valence-electron chi connectivity index (χ3n) is 5.62. The Bertz CT molecular complexity index is 1320. The van der Waals surface area contributed by atoms with Gasteiger partial charge >= 0.3 is 6.36 Å². The molecule has 1 unspecified atom stereocenters. The van der Waals surface area contributed by atoms with Gasteiger partial charge in [-0.25, -0.2) is 0 Å². The average molecular weight is 484 g/mol. The molecule has 0 aliphatic heterocycles. The minimum absolute atomic E-state index is 0.199. The van der Waals surface area contributed by atoms with E-state index in [1.807, 2.05) is 42.6 Å². The standard InChI is InChI=1S/C26H23F3N2O4/c1-33-23-9-5-7-19(24(23)34-2)21(20-14-30-22-8-4-3-6-18(20)22)15-31-25(32)16-10-12-17(13-11-16)35-26(27,28)29/h3-14,21,30H,15H2,1-2H3,(H,31,32). The molecule has 0 fully saturated rings. The van der Waals surface area contributed by atoms with E-state index < -0.39 is 18.0 Å². The largest absolute Gasteiger partial charge is 0.573 e. The lowest BCUT2D eigenvalue weighted by atomic mass is 9.89. The molecule has 0 aliphatic rings. The predicted molar refractivity (Wildman–Crippen MR) is 125 cm³/mol. The van der Waals surface area contributed by atoms with Crippen molar-refractivity contribution in [3.63, 3.8) is 0 Å². The van der Waals surface area contributed by atoms with Gasteiger partial charge in [-0.2, -0.15) is 0 Å². The first-order valence-corrected chi connectivity index (χ1v) is 10.7. The van der Waals surface area contributed by atoms with Gasteiger partial charge < -0.3 is 24.5 Å². The molecule has 0 spiro atoms. The van der Waals surface area contributed by atoms with Crippen LogP contribution in [0, 0.1) is 0 Å². The number of aromatic nitrogens is 1. The second-order valence-corrected chi connectivity index (χ2v) is 7.71. The Morgan fingerprint density at radius 3 is 2.37 bits per heavy atom. The molecule has 1 amide bonds. The molecule has 4 aromatic rings. The molecule has 1 heterocycles. The lowest BCUT2D eigenvalue weighted by Crippen LogP contribution is -2.29. The molecule has 35 heavy (non-hydrogen) atoms. The number of H-pyrrole nitrogens is 1. The normalized spacial score (nSPS) is 12.3. The molecule has 6 nitrogen and oxygen atoms in total. The van der Waals surface area contributed by atoms with Crippen LogP contribution < -0.4 is 19.5 Å². The first kappa shape index (κ1) is 24.0. The molecular formula is C26H23F3N2O4. The van der Waals surface area contributed by atoms with Crippen LogP contribution in [0.4, 0.5) is 13.2 Å². The number of alkyl halides is 3. The summed E-state index contributed by atoms with van der Waals surface area (Å²) >= 11 is 0. The van der Waals surface area contributed by atoms with Gasteiger partial charge in [0, 0.05) is 40.7 Å². The van der Waals surface area contributed by atoms with E-state index in [0.29, 0.717) is 11.5 Å². The van der Waals surface area contributed by atoms with Gasteiger partial charge in [-0.15, -0.1) is 13.2 Å². The van der Waals surface area contributed by atoms with Crippen LogP contribution in [-0.4, -0.2) is 38.0 Å². The summed E-state index contributed by atoms with van der Waals surface area (Å²) < 4.78 is 52.2. The topological polar surface area (TPSA) is 72.6 Å². The highest BCUT2D eigenvalue weighted by molar-refractivity contribution is 5.94. The number of hydrogen-bond donors (Lipinski definition) is 2. The van der Waals surface area contributed by atoms with Gasteiger partial charge in [-0.1, -0.05) is 30.3 Å². The molecule has 9 heteroatoms. The molecule has 3 aromatic carbocycles. The first-order valence-electron chi connectivity index (χ1n) is 10.7. The van der Waals surface area contributed by atoms with Crippen LogP contribution in [0.1, 0.15) is 27.4 Å². The van der Waals surface area contributed by atoms with E-state index in [1.165, 1.54) is 12.1 Å². The maximum absolute atomic E-state index is 12.8. The van der Waals surface area contributed by atoms with E-state index in [-0.39, 0.29) is 18.0 Å². The fourth-order valence-electron chi connectivity index (χ4n) is 4.06. The monoisotopic (exact) mass is 484 g/mol. The fourth-order valence-corrected chi connectivity index (χ4v) is 4.06. The summed E-state index contributed by atoms with van der Waals surface area (Å²) in [6.45, 7) is 0.199. The lowest BCUT2D eigenvalue weighted by Gasteiger charge is -2.22. The Hall–Kier alpha value is -4.14. The van der Waals surface area contributed by atoms with Gasteiger partial charge in [0.25, 0.3) is 5.91 Å². The third kappa shape index (κ3) is 5.34. The van der Waals surface area contributed by atoms with Crippen molar-refractivity contribution in [1.82, 2.24) is 10.3 Å². The van der Waals surface area contributed by atoms with Crippen molar-refractivity contribution in [3.8, 4) is 17.2 Å². The summed E-state index contributed by atoms with van der Waals surface area (Å²) in [4.78, 5) is 16.1. The molecule has 0 saturated carbocycles. The average Bonchev–Trinajstić information content (AvgIpc) is 3.27. The number of benzene rings is 3. The number of halogens is 3. The summed E-state index contributed by atoms with van der Waals surface area (Å²) in [5, 5.41) is 3.89. The molecule has 0 saturated heterocycles. The number of nitrogens with one attached hydrogen (secondary N) is 2. The second kappa shape index (κ2) is 10.0. The van der Waals surface area contributed by atoms with Crippen LogP contribution in [-0.2, 0) is 0 Å². The Kier molecular flexibility index (Phi) is 6.86. The van der Waals surface area contributed by atoms with Crippen LogP contribution in [0.25, 0.3) is 10.9 Å². The number of hydrogen-bond acceptors (Lipinski definition) is 4. The number of para-hydroxylation sites is 2. The molecule has 182 valence electrons. The number of aromatic amines is 1. The fraction of sp³-hybridized carbons (Fsp3) is 0.192. The number of methoxy groups -OCH3 is 2. The van der Waals surface area contributed by atoms with Crippen molar-refractivity contribution in [1.29, 1.82) is 0 Å². The van der Waals surface area contributed by atoms with Gasteiger partial charge in [-0.05, 0) is 42.0 Å². The zero-order chi connectivity index (χ0) is 25.0. The van der Waals surface area contributed by atoms with E-state index in [2.05, 4.69) is 15.0 Å². The quantitative estimate of drug-likeness (QED) is 0.339. The van der Waals surface area contributed by atoms with E-state index in [9.17, 15) is 18.0 Å². The molecule has 2 N–H and O–H groups in total. The van der Waals surface area contributed by atoms with Crippen molar-refractivity contribution >= 4 is 16.8 Å². The Morgan fingerprint density at radius 1 is 0.943 bits per heavy atom. The Morgan fingerprint density at radius 2 is 1.69 bits per heavy atom. The van der Waals surface area contributed by atoms with Crippen molar-refractivity contribution in [2.24, 2.45) is 0 Å². The predicted octanol–water partition coefficient (Wildman–Crippen LogP) is 5.65. The summed E-state index contributed by atoms with van der Waals surface area (Å²) in [6, 6.07) is 18.1. The zero-order valence-corrected chi connectivity index (χ0v) is 19.0. The molecule has 0 bridgehead atoms. The lowest BCUT2D eigenvalue weighted by molar-refractivity contribution is -0.274. The van der Waals surface area contributed by atoms with Crippen molar-refractivity contribution in [3.05, 3.63) is 89.6 Å². The third-order valence-corrected chi connectivity index (χ3v) is 5.62. The van der Waals surface area contributed by atoms with E-state index in [4.69, 9.17) is 9.47 Å². The molecule has 0 radical (unpaired) electrons. The van der Waals surface area contributed by atoms with Gasteiger partial charge in [-0.3, -0.25) is 4.79 Å². The number of fused-ring (bicyclic) bond motifs is 1. The second-order valence-electron chi connectivity index (χ2n) is 7.71. The van der Waals surface area contributed by atoms with Crippen molar-refractivity contribution in [2.75, 3.05) is 20.8 Å². The molecule has 0 aliphatic carbocycles. The molecular weight excluding hydrogens is 461 g/mol. The Labute approximate surface area is 199 Å². The highest BCUT2D eigenvalue weighted by atomic mass is 19.4. The first-order chi connectivity index (χ1) is 16.8. The van der Waals surface area contributed by atoms with Crippen molar-refractivity contribution < 1.29 is 32.2 Å². The molecule has 4 rings (SSSR count). The summed E-state index contributed by atoms with van der Waals surface area (Å²) in [7, 11) is 3.10. The maximum Gasteiger partial charge on any atom is 0.573 e. The highest BCUT2D eigenvalue weighted by Crippen LogP contribution is 2.40. The van der Waals surface area contributed by atoms with Gasteiger partial charge in [0.1, 0.15) is 5.75 Å². The molecule has 1 aromatic heterocycles.